The van der Waals surface area contributed by atoms with Gasteiger partial charge in [-0.15, -0.1) is 0 Å². The Morgan fingerprint density at radius 2 is 1.93 bits per heavy atom. The van der Waals surface area contributed by atoms with Crippen molar-refractivity contribution in [2.24, 2.45) is 0 Å². The second-order valence-corrected chi connectivity index (χ2v) is 4.70. The fraction of sp³-hybridized carbons (Fsp3) is 0.538. The SMILES string of the molecule is CCNCCCCSCc1ccccc1. The molecule has 0 aliphatic rings. The van der Waals surface area contributed by atoms with Crippen molar-refractivity contribution in [2.45, 2.75) is 25.5 Å². The van der Waals surface area contributed by atoms with Crippen LogP contribution >= 0.6 is 11.8 Å². The molecule has 0 aromatic heterocycles. The number of hydrogen-bond donors (Lipinski definition) is 1. The minimum Gasteiger partial charge on any atom is -0.317 e. The standard InChI is InChI=1S/C13H21NS/c1-2-14-10-6-7-11-15-12-13-8-4-3-5-9-13/h3-5,8-9,14H,2,6-7,10-12H2,1H3. The lowest BCUT2D eigenvalue weighted by Gasteiger charge is -2.02. The number of benzene rings is 1. The van der Waals surface area contributed by atoms with Gasteiger partial charge in [0.05, 0.1) is 0 Å². The predicted octanol–water partition coefficient (Wildman–Crippen LogP) is 3.31. The normalized spacial score (nSPS) is 10.5. The van der Waals surface area contributed by atoms with E-state index >= 15 is 0 Å². The van der Waals surface area contributed by atoms with Crippen LogP contribution in [0.3, 0.4) is 0 Å². The molecule has 15 heavy (non-hydrogen) atoms. The largest absolute Gasteiger partial charge is 0.317 e. The lowest BCUT2D eigenvalue weighted by Crippen LogP contribution is -2.13. The Balaban J connectivity index is 1.93. The van der Waals surface area contributed by atoms with Crippen molar-refractivity contribution in [3.63, 3.8) is 0 Å². The maximum absolute atomic E-state index is 3.35. The topological polar surface area (TPSA) is 12.0 Å². The van der Waals surface area contributed by atoms with Crippen molar-refractivity contribution >= 4 is 11.8 Å². The molecule has 1 aromatic rings. The van der Waals surface area contributed by atoms with Gasteiger partial charge in [0.1, 0.15) is 0 Å². The number of unbranched alkanes of at least 4 members (excludes halogenated alkanes) is 1. The molecular weight excluding hydrogens is 202 g/mol. The first-order valence-corrected chi connectivity index (χ1v) is 6.91. The van der Waals surface area contributed by atoms with E-state index in [9.17, 15) is 0 Å². The monoisotopic (exact) mass is 223 g/mol. The second kappa shape index (κ2) is 8.81. The van der Waals surface area contributed by atoms with E-state index in [1.807, 2.05) is 11.8 Å². The Kier molecular flexibility index (Phi) is 7.40. The van der Waals surface area contributed by atoms with E-state index in [-0.39, 0.29) is 0 Å². The minimum absolute atomic E-state index is 1.09. The molecule has 0 aliphatic carbocycles. The van der Waals surface area contributed by atoms with Crippen LogP contribution in [0, 0.1) is 0 Å². The van der Waals surface area contributed by atoms with Crippen molar-refractivity contribution in [1.29, 1.82) is 0 Å². The minimum atomic E-state index is 1.09. The van der Waals surface area contributed by atoms with Crippen LogP contribution in [0.25, 0.3) is 0 Å². The molecule has 1 rings (SSSR count). The molecule has 0 heterocycles. The molecule has 0 spiro atoms. The van der Waals surface area contributed by atoms with E-state index in [0.717, 1.165) is 12.3 Å². The third-order valence-electron chi connectivity index (χ3n) is 2.25. The summed E-state index contributed by atoms with van der Waals surface area (Å²) in [6, 6.07) is 10.7. The van der Waals surface area contributed by atoms with Crippen molar-refractivity contribution in [3.05, 3.63) is 35.9 Å². The molecule has 0 amide bonds. The summed E-state index contributed by atoms with van der Waals surface area (Å²) in [5.74, 6) is 2.43. The first-order chi connectivity index (χ1) is 7.43. The lowest BCUT2D eigenvalue weighted by molar-refractivity contribution is 0.666. The molecule has 1 N–H and O–H groups in total. The molecular formula is C13H21NS. The summed E-state index contributed by atoms with van der Waals surface area (Å²) in [6.45, 7) is 4.42. The summed E-state index contributed by atoms with van der Waals surface area (Å²) in [5, 5.41) is 3.35. The van der Waals surface area contributed by atoms with Gasteiger partial charge in [-0.1, -0.05) is 37.3 Å². The molecule has 1 nitrogen and oxygen atoms in total. The summed E-state index contributed by atoms with van der Waals surface area (Å²) in [7, 11) is 0. The van der Waals surface area contributed by atoms with E-state index in [2.05, 4.69) is 42.6 Å². The fourth-order valence-electron chi connectivity index (χ4n) is 1.40. The van der Waals surface area contributed by atoms with Gasteiger partial charge in [-0.25, -0.2) is 0 Å². The van der Waals surface area contributed by atoms with Crippen molar-refractivity contribution < 1.29 is 0 Å². The molecule has 84 valence electrons. The Morgan fingerprint density at radius 3 is 2.67 bits per heavy atom. The van der Waals surface area contributed by atoms with Gasteiger partial charge in [0.15, 0.2) is 0 Å². The van der Waals surface area contributed by atoms with Crippen molar-refractivity contribution in [1.82, 2.24) is 5.32 Å². The highest BCUT2D eigenvalue weighted by molar-refractivity contribution is 7.98. The number of nitrogens with one attached hydrogen (secondary N) is 1. The summed E-state index contributed by atoms with van der Waals surface area (Å²) >= 11 is 2.04. The van der Waals surface area contributed by atoms with Gasteiger partial charge in [0, 0.05) is 5.75 Å². The number of thioether (sulfide) groups is 1. The highest BCUT2D eigenvalue weighted by atomic mass is 32.2. The van der Waals surface area contributed by atoms with Crippen LogP contribution in [-0.2, 0) is 5.75 Å². The van der Waals surface area contributed by atoms with Gasteiger partial charge in [0.2, 0.25) is 0 Å². The fourth-order valence-corrected chi connectivity index (χ4v) is 2.38. The quantitative estimate of drug-likeness (QED) is 0.679. The smallest absolute Gasteiger partial charge is 0.0184 e. The van der Waals surface area contributed by atoms with E-state index < -0.39 is 0 Å². The average Bonchev–Trinajstić information content (AvgIpc) is 2.29. The van der Waals surface area contributed by atoms with Crippen LogP contribution in [0.1, 0.15) is 25.3 Å². The highest BCUT2D eigenvalue weighted by Gasteiger charge is 1.92. The number of hydrogen-bond acceptors (Lipinski definition) is 2. The molecule has 0 atom stereocenters. The van der Waals surface area contributed by atoms with E-state index in [0.29, 0.717) is 0 Å². The van der Waals surface area contributed by atoms with Crippen LogP contribution in [0.5, 0.6) is 0 Å². The first-order valence-electron chi connectivity index (χ1n) is 5.76. The molecule has 0 radical (unpaired) electrons. The molecule has 0 aliphatic heterocycles. The van der Waals surface area contributed by atoms with Gasteiger partial charge < -0.3 is 5.32 Å². The zero-order chi connectivity index (χ0) is 10.8. The van der Waals surface area contributed by atoms with Gasteiger partial charge in [-0.05, 0) is 37.2 Å². The summed E-state index contributed by atoms with van der Waals surface area (Å²) in [6.07, 6.45) is 2.63. The Hall–Kier alpha value is -0.470. The summed E-state index contributed by atoms with van der Waals surface area (Å²) < 4.78 is 0. The molecule has 1 aromatic carbocycles. The molecule has 0 saturated heterocycles. The van der Waals surface area contributed by atoms with Crippen LogP contribution in [0.4, 0.5) is 0 Å². The van der Waals surface area contributed by atoms with Crippen LogP contribution in [0.2, 0.25) is 0 Å². The number of rotatable bonds is 8. The first kappa shape index (κ1) is 12.6. The molecule has 0 bridgehead atoms. The Labute approximate surface area is 97.7 Å². The third kappa shape index (κ3) is 6.58. The Morgan fingerprint density at radius 1 is 1.13 bits per heavy atom. The van der Waals surface area contributed by atoms with Crippen LogP contribution in [0.15, 0.2) is 30.3 Å². The predicted molar refractivity (Wildman–Crippen MR) is 70.4 cm³/mol. The maximum Gasteiger partial charge on any atom is 0.0184 e. The van der Waals surface area contributed by atoms with E-state index in [1.165, 1.54) is 30.7 Å². The van der Waals surface area contributed by atoms with Gasteiger partial charge in [-0.3, -0.25) is 0 Å². The molecule has 2 heteroatoms. The van der Waals surface area contributed by atoms with Gasteiger partial charge in [0.25, 0.3) is 0 Å². The molecule has 0 fully saturated rings. The summed E-state index contributed by atoms with van der Waals surface area (Å²) in [5.41, 5.74) is 1.44. The van der Waals surface area contributed by atoms with Gasteiger partial charge >= 0.3 is 0 Å². The van der Waals surface area contributed by atoms with Crippen LogP contribution < -0.4 is 5.32 Å². The van der Waals surface area contributed by atoms with E-state index in [4.69, 9.17) is 0 Å². The lowest BCUT2D eigenvalue weighted by atomic mass is 10.2. The van der Waals surface area contributed by atoms with Gasteiger partial charge in [-0.2, -0.15) is 11.8 Å². The Bertz CT molecular complexity index is 236. The van der Waals surface area contributed by atoms with E-state index in [1.54, 1.807) is 0 Å². The summed E-state index contributed by atoms with van der Waals surface area (Å²) in [4.78, 5) is 0. The third-order valence-corrected chi connectivity index (χ3v) is 3.37. The zero-order valence-corrected chi connectivity index (χ0v) is 10.4. The molecule has 0 saturated carbocycles. The highest BCUT2D eigenvalue weighted by Crippen LogP contribution is 2.12. The van der Waals surface area contributed by atoms with Crippen molar-refractivity contribution in [2.75, 3.05) is 18.8 Å². The average molecular weight is 223 g/mol. The second-order valence-electron chi connectivity index (χ2n) is 3.60. The maximum atomic E-state index is 3.35. The zero-order valence-electron chi connectivity index (χ0n) is 9.54. The molecule has 0 unspecified atom stereocenters. The van der Waals surface area contributed by atoms with Crippen LogP contribution in [-0.4, -0.2) is 18.8 Å². The van der Waals surface area contributed by atoms with Crippen molar-refractivity contribution in [3.8, 4) is 0 Å².